The number of benzene rings is 2. The molecule has 4 N–H and O–H groups in total. The number of nitrogens with zero attached hydrogens (tertiary/aromatic N) is 2. The Kier molecular flexibility index (Phi) is 11.4. The van der Waals surface area contributed by atoms with Gasteiger partial charge in [-0.25, -0.2) is 18.2 Å². The number of nitrogens with one attached hydrogen (secondary N) is 4. The van der Waals surface area contributed by atoms with E-state index in [1.54, 1.807) is 27.0 Å². The third-order valence-electron chi connectivity index (χ3n) is 10.5. The summed E-state index contributed by atoms with van der Waals surface area (Å²) in [5.41, 5.74) is 0.716. The second-order valence-corrected chi connectivity index (χ2v) is 16.8. The zero-order chi connectivity index (χ0) is 38.8. The summed E-state index contributed by atoms with van der Waals surface area (Å²) in [5.74, 6) is -1.35. The summed E-state index contributed by atoms with van der Waals surface area (Å²) in [6.07, 6.45) is 1.86. The van der Waals surface area contributed by atoms with Crippen LogP contribution in [0.2, 0.25) is 0 Å². The molecule has 54 heavy (non-hydrogen) atoms. The van der Waals surface area contributed by atoms with Crippen LogP contribution in [0.5, 0.6) is 11.5 Å². The number of amides is 5. The van der Waals surface area contributed by atoms with Crippen LogP contribution in [-0.4, -0.2) is 91.2 Å². The van der Waals surface area contributed by atoms with Gasteiger partial charge in [0.2, 0.25) is 21.8 Å². The van der Waals surface area contributed by atoms with Gasteiger partial charge in [0.25, 0.3) is 5.91 Å². The number of likely N-dealkylation sites (tertiary alicyclic amines) is 1. The van der Waals surface area contributed by atoms with Crippen molar-refractivity contribution in [2.45, 2.75) is 95.2 Å². The Labute approximate surface area is 316 Å². The summed E-state index contributed by atoms with van der Waals surface area (Å²) in [6, 6.07) is 14.3. The topological polar surface area (TPSA) is 185 Å². The molecule has 2 saturated carbocycles. The number of pyridine rings is 1. The molecule has 3 fully saturated rings. The number of methoxy groups -OCH3 is 1. The van der Waals surface area contributed by atoms with Gasteiger partial charge in [0, 0.05) is 36.0 Å². The van der Waals surface area contributed by atoms with E-state index in [4.69, 9.17) is 14.5 Å². The normalized spacial score (nSPS) is 22.7. The third-order valence-corrected chi connectivity index (χ3v) is 12.3. The van der Waals surface area contributed by atoms with Gasteiger partial charge in [0.05, 0.1) is 30.1 Å². The molecule has 0 radical (unpaired) electrons. The van der Waals surface area contributed by atoms with Crippen molar-refractivity contribution in [1.82, 2.24) is 30.6 Å². The fraction of sp³-hybridized carbons (Fsp3) is 0.513. The highest BCUT2D eigenvalue weighted by molar-refractivity contribution is 7.91. The van der Waals surface area contributed by atoms with Crippen molar-refractivity contribution in [2.24, 2.45) is 11.8 Å². The smallest absolute Gasteiger partial charge is 0.315 e. The van der Waals surface area contributed by atoms with E-state index < -0.39 is 62.8 Å². The fourth-order valence-corrected chi connectivity index (χ4v) is 8.49. The highest BCUT2D eigenvalue weighted by Crippen LogP contribution is 2.47. The third kappa shape index (κ3) is 8.25. The van der Waals surface area contributed by atoms with E-state index in [9.17, 15) is 27.6 Å². The average Bonchev–Trinajstić information content (AvgIpc) is 4.09. The van der Waals surface area contributed by atoms with E-state index in [-0.39, 0.29) is 31.2 Å². The molecular formula is C39H50N6O8S. The number of urea groups is 1. The molecule has 5 amide bonds. The zero-order valence-corrected chi connectivity index (χ0v) is 32.2. The maximum absolute atomic E-state index is 14.4. The number of aromatic nitrogens is 1. The van der Waals surface area contributed by atoms with Crippen LogP contribution in [0.15, 0.2) is 54.6 Å². The van der Waals surface area contributed by atoms with E-state index in [2.05, 4.69) is 20.7 Å². The molecule has 0 spiro atoms. The summed E-state index contributed by atoms with van der Waals surface area (Å²) >= 11 is 0. The van der Waals surface area contributed by atoms with E-state index in [1.807, 2.05) is 62.4 Å². The lowest BCUT2D eigenvalue weighted by atomic mass is 10.0. The van der Waals surface area contributed by atoms with Crippen molar-refractivity contribution in [3.05, 3.63) is 54.6 Å². The predicted octanol–water partition coefficient (Wildman–Crippen LogP) is 3.89. The van der Waals surface area contributed by atoms with Gasteiger partial charge < -0.3 is 30.3 Å². The molecular weight excluding hydrogens is 713 g/mol. The number of hydrogen-bond donors (Lipinski definition) is 4. The van der Waals surface area contributed by atoms with Gasteiger partial charge in [-0.1, -0.05) is 64.4 Å². The molecule has 2 aliphatic carbocycles. The van der Waals surface area contributed by atoms with Gasteiger partial charge in [-0.15, -0.1) is 0 Å². The average molecular weight is 763 g/mol. The number of hydrogen-bond acceptors (Lipinski definition) is 9. The molecule has 290 valence electrons. The Morgan fingerprint density at radius 2 is 1.78 bits per heavy atom. The minimum Gasteiger partial charge on any atom is -0.497 e. The highest BCUT2D eigenvalue weighted by atomic mass is 32.2. The molecule has 0 unspecified atom stereocenters. The van der Waals surface area contributed by atoms with Crippen LogP contribution < -0.4 is 30.1 Å². The van der Waals surface area contributed by atoms with Gasteiger partial charge in [0.1, 0.15) is 35.2 Å². The predicted molar refractivity (Wildman–Crippen MR) is 203 cm³/mol. The summed E-state index contributed by atoms with van der Waals surface area (Å²) in [5, 5.41) is 8.50. The second-order valence-electron chi connectivity index (χ2n) is 14.8. The van der Waals surface area contributed by atoms with E-state index >= 15 is 0 Å². The van der Waals surface area contributed by atoms with Crippen molar-refractivity contribution in [3.8, 4) is 22.8 Å². The molecule has 3 aromatic rings. The van der Waals surface area contributed by atoms with Crippen LogP contribution >= 0.6 is 0 Å². The summed E-state index contributed by atoms with van der Waals surface area (Å²) in [6.45, 7) is 7.83. The molecule has 0 bridgehead atoms. The summed E-state index contributed by atoms with van der Waals surface area (Å²) in [4.78, 5) is 61.4. The van der Waals surface area contributed by atoms with E-state index in [0.29, 0.717) is 60.3 Å². The van der Waals surface area contributed by atoms with E-state index in [1.165, 1.54) is 4.90 Å². The maximum Gasteiger partial charge on any atom is 0.315 e. The number of ether oxygens (including phenoxy) is 2. The lowest BCUT2D eigenvalue weighted by Crippen LogP contribution is -2.59. The molecule has 14 nitrogen and oxygen atoms in total. The van der Waals surface area contributed by atoms with E-state index in [0.717, 1.165) is 5.56 Å². The Morgan fingerprint density at radius 1 is 1.04 bits per heavy atom. The maximum atomic E-state index is 14.4. The first-order valence-corrected chi connectivity index (χ1v) is 20.3. The van der Waals surface area contributed by atoms with Crippen molar-refractivity contribution in [2.75, 3.05) is 20.2 Å². The lowest BCUT2D eigenvalue weighted by molar-refractivity contribution is -0.141. The Bertz CT molecular complexity index is 2010. The molecule has 1 aromatic heterocycles. The van der Waals surface area contributed by atoms with Gasteiger partial charge in [-0.2, -0.15) is 0 Å². The first kappa shape index (κ1) is 38.8. The first-order valence-electron chi connectivity index (χ1n) is 18.7. The van der Waals surface area contributed by atoms with Gasteiger partial charge in [-0.3, -0.25) is 19.1 Å². The fourth-order valence-electron chi connectivity index (χ4n) is 7.13. The molecule has 6 rings (SSSR count). The number of rotatable bonds is 15. The largest absolute Gasteiger partial charge is 0.497 e. The highest BCUT2D eigenvalue weighted by Gasteiger charge is 2.62. The van der Waals surface area contributed by atoms with Crippen molar-refractivity contribution in [3.63, 3.8) is 0 Å². The molecule has 2 aromatic carbocycles. The molecule has 3 aliphatic rings. The molecule has 5 atom stereocenters. The Balaban J connectivity index is 1.32. The Hall–Kier alpha value is -4.92. The van der Waals surface area contributed by atoms with Crippen LogP contribution in [0, 0.1) is 11.8 Å². The van der Waals surface area contributed by atoms with Crippen LogP contribution in [0.1, 0.15) is 66.2 Å². The second kappa shape index (κ2) is 15.8. The van der Waals surface area contributed by atoms with Gasteiger partial charge in [-0.05, 0) is 49.7 Å². The summed E-state index contributed by atoms with van der Waals surface area (Å²) in [7, 11) is -2.29. The lowest BCUT2D eigenvalue weighted by Gasteiger charge is -2.31. The van der Waals surface area contributed by atoms with Gasteiger partial charge >= 0.3 is 6.03 Å². The van der Waals surface area contributed by atoms with Crippen LogP contribution in [-0.2, 0) is 24.4 Å². The van der Waals surface area contributed by atoms with Crippen molar-refractivity contribution >= 4 is 44.7 Å². The van der Waals surface area contributed by atoms with Crippen LogP contribution in [0.3, 0.4) is 0 Å². The molecule has 2 heterocycles. The van der Waals surface area contributed by atoms with Crippen LogP contribution in [0.4, 0.5) is 4.79 Å². The first-order chi connectivity index (χ1) is 25.8. The minimum absolute atomic E-state index is 0.00546. The van der Waals surface area contributed by atoms with Crippen LogP contribution in [0.25, 0.3) is 22.2 Å². The molecule has 15 heteroatoms. The number of sulfonamides is 1. The summed E-state index contributed by atoms with van der Waals surface area (Å²) < 4.78 is 39.9. The molecule has 1 aliphatic heterocycles. The number of fused-ring (bicyclic) bond motifs is 1. The Morgan fingerprint density at radius 3 is 2.41 bits per heavy atom. The SMILES string of the molecule is CCCNC(=O)N[C@H](C(=O)N1C[C@H](Oc2cc(-c3ccccc3)nc3cc(OC)ccc23)C[C@H]1C(=O)N[C@]1(C(=O)NS(=O)(=O)C2CC2)C[C@H]1CC)C(C)C. The standard InChI is InChI=1S/C39H50N6O8S/c1-6-17-40-38(49)42-34(23(3)4)36(47)45-22-27(19-32(45)35(46)43-39(21-25(39)7-2)37(48)44-54(50,51)28-14-15-28)53-33-20-30(24-11-9-8-10-12-24)41-31-18-26(52-5)13-16-29(31)33/h8-13,16,18,20,23,25,27-28,32,34H,6-7,14-15,17,19,21-22H2,1-5H3,(H,43,46)(H,44,48)(H2,40,42,49)/t25-,27-,32+,34+,39-/m1/s1. The number of carbonyl (C=O) groups excluding carboxylic acids is 4. The monoisotopic (exact) mass is 762 g/mol. The zero-order valence-electron chi connectivity index (χ0n) is 31.4. The molecule has 1 saturated heterocycles. The van der Waals surface area contributed by atoms with Crippen molar-refractivity contribution in [1.29, 1.82) is 0 Å². The van der Waals surface area contributed by atoms with Crippen molar-refractivity contribution < 1.29 is 37.1 Å². The quantitative estimate of drug-likeness (QED) is 0.178. The van der Waals surface area contributed by atoms with Gasteiger partial charge in [0.15, 0.2) is 0 Å². The number of carbonyl (C=O) groups is 4. The minimum atomic E-state index is -3.86.